The first-order chi connectivity index (χ1) is 11.9. The highest BCUT2D eigenvalue weighted by molar-refractivity contribution is 7.14. The molecule has 1 N–H and O–H groups in total. The smallest absolute Gasteiger partial charge is 0.273 e. The van der Waals surface area contributed by atoms with Crippen molar-refractivity contribution in [2.24, 2.45) is 0 Å². The number of aromatic nitrogens is 1. The van der Waals surface area contributed by atoms with Gasteiger partial charge in [0.1, 0.15) is 11.5 Å². The van der Waals surface area contributed by atoms with Crippen molar-refractivity contribution in [3.8, 4) is 11.3 Å². The van der Waals surface area contributed by atoms with E-state index >= 15 is 0 Å². The number of carbonyl (C=O) groups is 1. The van der Waals surface area contributed by atoms with Crippen LogP contribution in [0.25, 0.3) is 11.3 Å². The summed E-state index contributed by atoms with van der Waals surface area (Å²) in [6.07, 6.45) is -0.0874. The Morgan fingerprint density at radius 2 is 2.12 bits per heavy atom. The van der Waals surface area contributed by atoms with E-state index in [4.69, 9.17) is 4.42 Å². The molecule has 0 bridgehead atoms. The second-order valence-electron chi connectivity index (χ2n) is 5.48. The van der Waals surface area contributed by atoms with Gasteiger partial charge in [0, 0.05) is 22.6 Å². The maximum absolute atomic E-state index is 12.2. The third-order valence-corrected chi connectivity index (χ3v) is 4.36. The van der Waals surface area contributed by atoms with Crippen LogP contribution in [0.15, 0.2) is 40.1 Å². The highest BCUT2D eigenvalue weighted by Gasteiger charge is 2.17. The van der Waals surface area contributed by atoms with Crippen molar-refractivity contribution in [1.29, 1.82) is 0 Å². The van der Waals surface area contributed by atoms with E-state index in [2.05, 4.69) is 10.3 Å². The Morgan fingerprint density at radius 3 is 2.80 bits per heavy atom. The molecule has 0 saturated heterocycles. The number of rotatable bonds is 5. The minimum atomic E-state index is -0.492. The van der Waals surface area contributed by atoms with Crippen LogP contribution < -0.4 is 5.32 Å². The molecule has 2 heterocycles. The number of para-hydroxylation sites is 1. The summed E-state index contributed by atoms with van der Waals surface area (Å²) in [6, 6.07) is 8.09. The number of nitrogens with zero attached hydrogens (tertiary/aromatic N) is 2. The molecular weight excluding hydrogens is 342 g/mol. The van der Waals surface area contributed by atoms with Gasteiger partial charge in [-0.1, -0.05) is 18.2 Å². The van der Waals surface area contributed by atoms with E-state index in [1.807, 2.05) is 25.3 Å². The van der Waals surface area contributed by atoms with Crippen LogP contribution in [0, 0.1) is 24.0 Å². The topological polar surface area (TPSA) is 98.3 Å². The molecule has 0 saturated carbocycles. The van der Waals surface area contributed by atoms with Crippen molar-refractivity contribution in [3.63, 3.8) is 0 Å². The molecule has 128 valence electrons. The number of carbonyl (C=O) groups excluding carboxylic acids is 1. The summed E-state index contributed by atoms with van der Waals surface area (Å²) in [5.41, 5.74) is 1.90. The lowest BCUT2D eigenvalue weighted by molar-refractivity contribution is -0.385. The van der Waals surface area contributed by atoms with Gasteiger partial charge in [0.25, 0.3) is 5.69 Å². The van der Waals surface area contributed by atoms with Crippen molar-refractivity contribution >= 4 is 28.1 Å². The number of nitro benzene ring substituents is 1. The third-order valence-electron chi connectivity index (χ3n) is 3.61. The standard InChI is InChI=1S/C17H15N3O4S/c1-10-7-13(11(2)24-10)14-9-25-17(18-14)19-16(21)8-12-5-3-4-6-15(12)20(22)23/h3-7,9H,8H2,1-2H3,(H,18,19,21). The van der Waals surface area contributed by atoms with Crippen molar-refractivity contribution in [2.75, 3.05) is 5.32 Å². The van der Waals surface area contributed by atoms with Crippen LogP contribution in [-0.4, -0.2) is 15.8 Å². The summed E-state index contributed by atoms with van der Waals surface area (Å²) in [5, 5.41) is 16.0. The van der Waals surface area contributed by atoms with E-state index in [0.717, 1.165) is 22.8 Å². The minimum Gasteiger partial charge on any atom is -0.466 e. The van der Waals surface area contributed by atoms with Gasteiger partial charge in [-0.25, -0.2) is 4.98 Å². The first-order valence-electron chi connectivity index (χ1n) is 7.49. The monoisotopic (exact) mass is 357 g/mol. The van der Waals surface area contributed by atoms with Gasteiger partial charge >= 0.3 is 0 Å². The summed E-state index contributed by atoms with van der Waals surface area (Å²) in [5.74, 6) is 1.21. The number of anilines is 1. The molecule has 0 aliphatic rings. The fraction of sp³-hybridized carbons (Fsp3) is 0.176. The third kappa shape index (κ3) is 3.74. The molecule has 3 rings (SSSR count). The number of hydrogen-bond acceptors (Lipinski definition) is 6. The van der Waals surface area contributed by atoms with Crippen LogP contribution in [0.3, 0.4) is 0 Å². The van der Waals surface area contributed by atoms with E-state index in [0.29, 0.717) is 10.7 Å². The molecule has 0 atom stereocenters. The van der Waals surface area contributed by atoms with Crippen LogP contribution in [0.1, 0.15) is 17.1 Å². The molecule has 8 heteroatoms. The number of thiazole rings is 1. The zero-order valence-corrected chi connectivity index (χ0v) is 14.4. The number of benzene rings is 1. The Kier molecular flexibility index (Phi) is 4.62. The quantitative estimate of drug-likeness (QED) is 0.547. The van der Waals surface area contributed by atoms with Gasteiger partial charge in [-0.3, -0.25) is 14.9 Å². The molecule has 7 nitrogen and oxygen atoms in total. The first kappa shape index (κ1) is 16.8. The van der Waals surface area contributed by atoms with E-state index in [1.165, 1.54) is 17.4 Å². The van der Waals surface area contributed by atoms with Crippen molar-refractivity contribution in [2.45, 2.75) is 20.3 Å². The number of nitro groups is 1. The summed E-state index contributed by atoms with van der Waals surface area (Å²) < 4.78 is 5.49. The number of hydrogen-bond donors (Lipinski definition) is 1. The number of nitrogens with one attached hydrogen (secondary N) is 1. The lowest BCUT2D eigenvalue weighted by Gasteiger charge is -2.03. The van der Waals surface area contributed by atoms with Crippen molar-refractivity contribution in [1.82, 2.24) is 4.98 Å². The molecule has 2 aromatic heterocycles. The number of aryl methyl sites for hydroxylation is 2. The zero-order valence-electron chi connectivity index (χ0n) is 13.6. The van der Waals surface area contributed by atoms with Crippen molar-refractivity contribution < 1.29 is 14.1 Å². The molecule has 0 spiro atoms. The Bertz CT molecular complexity index is 945. The summed E-state index contributed by atoms with van der Waals surface area (Å²) in [7, 11) is 0. The highest BCUT2D eigenvalue weighted by atomic mass is 32.1. The molecule has 25 heavy (non-hydrogen) atoms. The normalized spacial score (nSPS) is 10.6. The second-order valence-corrected chi connectivity index (χ2v) is 6.33. The molecule has 0 aliphatic carbocycles. The van der Waals surface area contributed by atoms with Gasteiger partial charge in [0.15, 0.2) is 5.13 Å². The fourth-order valence-corrected chi connectivity index (χ4v) is 3.24. The molecule has 3 aromatic rings. The Hall–Kier alpha value is -3.00. The molecule has 0 fully saturated rings. The lowest BCUT2D eigenvalue weighted by atomic mass is 10.1. The summed E-state index contributed by atoms with van der Waals surface area (Å²) in [4.78, 5) is 27.1. The van der Waals surface area contributed by atoms with E-state index in [9.17, 15) is 14.9 Å². The van der Waals surface area contributed by atoms with Crippen LogP contribution in [-0.2, 0) is 11.2 Å². The molecule has 1 amide bonds. The molecule has 0 radical (unpaired) electrons. The lowest BCUT2D eigenvalue weighted by Crippen LogP contribution is -2.15. The van der Waals surface area contributed by atoms with Crippen LogP contribution >= 0.6 is 11.3 Å². The second kappa shape index (κ2) is 6.86. The van der Waals surface area contributed by atoms with Gasteiger partial charge in [-0.2, -0.15) is 0 Å². The van der Waals surface area contributed by atoms with Gasteiger partial charge in [0.05, 0.1) is 17.0 Å². The molecular formula is C17H15N3O4S. The van der Waals surface area contributed by atoms with Crippen LogP contribution in [0.5, 0.6) is 0 Å². The highest BCUT2D eigenvalue weighted by Crippen LogP contribution is 2.29. The van der Waals surface area contributed by atoms with E-state index < -0.39 is 4.92 Å². The maximum Gasteiger partial charge on any atom is 0.273 e. The average Bonchev–Trinajstić information content (AvgIpc) is 3.13. The van der Waals surface area contributed by atoms with Gasteiger partial charge < -0.3 is 9.73 Å². The van der Waals surface area contributed by atoms with Gasteiger partial charge in [-0.05, 0) is 19.9 Å². The average molecular weight is 357 g/mol. The Balaban J connectivity index is 1.72. The predicted molar refractivity (Wildman–Crippen MR) is 94.7 cm³/mol. The van der Waals surface area contributed by atoms with Crippen LogP contribution in [0.2, 0.25) is 0 Å². The van der Waals surface area contributed by atoms with Gasteiger partial charge in [-0.15, -0.1) is 11.3 Å². The first-order valence-corrected chi connectivity index (χ1v) is 8.37. The molecule has 0 aliphatic heterocycles. The molecule has 1 aromatic carbocycles. The minimum absolute atomic E-state index is 0.0676. The SMILES string of the molecule is Cc1cc(-c2csc(NC(=O)Cc3ccccc3[N+](=O)[O-])n2)c(C)o1. The summed E-state index contributed by atoms with van der Waals surface area (Å²) in [6.45, 7) is 3.72. The van der Waals surface area contributed by atoms with E-state index in [-0.39, 0.29) is 18.0 Å². The largest absolute Gasteiger partial charge is 0.466 e. The fourth-order valence-electron chi connectivity index (χ4n) is 2.51. The van der Waals surface area contributed by atoms with Crippen LogP contribution in [0.4, 0.5) is 10.8 Å². The van der Waals surface area contributed by atoms with E-state index in [1.54, 1.807) is 18.2 Å². The van der Waals surface area contributed by atoms with Gasteiger partial charge in [0.2, 0.25) is 5.91 Å². The summed E-state index contributed by atoms with van der Waals surface area (Å²) >= 11 is 1.29. The zero-order chi connectivity index (χ0) is 18.0. The van der Waals surface area contributed by atoms with Crippen molar-refractivity contribution in [3.05, 3.63) is 62.9 Å². The predicted octanol–water partition coefficient (Wildman–Crippen LogP) is 4.11. The molecule has 0 unspecified atom stereocenters. The Labute approximate surface area is 147 Å². The maximum atomic E-state index is 12.2. The Morgan fingerprint density at radius 1 is 1.36 bits per heavy atom. The number of furan rings is 1. The number of amides is 1.